The predicted octanol–water partition coefficient (Wildman–Crippen LogP) is 1.87. The van der Waals surface area contributed by atoms with Crippen molar-refractivity contribution in [2.45, 2.75) is 19.9 Å². The number of hydrogen-bond acceptors (Lipinski definition) is 4. The van der Waals surface area contributed by atoms with E-state index in [9.17, 15) is 9.50 Å². The molecule has 0 bridgehead atoms. The minimum absolute atomic E-state index is 0.0928. The maximum atomic E-state index is 13.0. The van der Waals surface area contributed by atoms with Gasteiger partial charge in [0.2, 0.25) is 0 Å². The van der Waals surface area contributed by atoms with E-state index in [4.69, 9.17) is 0 Å². The Balaban J connectivity index is 1.93. The number of hydrogen-bond donors (Lipinski definition) is 2. The SMILES string of the molecule is Cc1nn(C)c(N(C)C)c1CNC[C@H](CO)Cc1ccc(F)cc1. The second kappa shape index (κ2) is 8.26. The Morgan fingerprint density at radius 1 is 1.29 bits per heavy atom. The van der Waals surface area contributed by atoms with Crippen LogP contribution in [0.1, 0.15) is 16.8 Å². The molecule has 1 atom stereocenters. The van der Waals surface area contributed by atoms with Crippen LogP contribution in [0.15, 0.2) is 24.3 Å². The van der Waals surface area contributed by atoms with Crippen LogP contribution in [0, 0.1) is 18.7 Å². The standard InChI is InChI=1S/C18H27FN4O/c1-13-17(18(22(2)3)23(4)21-13)11-20-10-15(12-24)9-14-5-7-16(19)8-6-14/h5-8,15,20,24H,9-12H2,1-4H3/t15-/m1/s1. The van der Waals surface area contributed by atoms with Crippen LogP contribution in [-0.2, 0) is 20.0 Å². The molecule has 1 aromatic carbocycles. The summed E-state index contributed by atoms with van der Waals surface area (Å²) in [6.07, 6.45) is 0.719. The van der Waals surface area contributed by atoms with E-state index in [0.717, 1.165) is 23.5 Å². The molecule has 6 heteroatoms. The van der Waals surface area contributed by atoms with Crippen molar-refractivity contribution < 1.29 is 9.50 Å². The Labute approximate surface area is 143 Å². The lowest BCUT2D eigenvalue weighted by molar-refractivity contribution is 0.221. The van der Waals surface area contributed by atoms with Crippen molar-refractivity contribution >= 4 is 5.82 Å². The highest BCUT2D eigenvalue weighted by atomic mass is 19.1. The van der Waals surface area contributed by atoms with Gasteiger partial charge in [-0.3, -0.25) is 4.68 Å². The molecule has 0 radical (unpaired) electrons. The van der Waals surface area contributed by atoms with Gasteiger partial charge in [-0.1, -0.05) is 12.1 Å². The van der Waals surface area contributed by atoms with E-state index >= 15 is 0 Å². The Kier molecular flexibility index (Phi) is 6.34. The summed E-state index contributed by atoms with van der Waals surface area (Å²) in [5.74, 6) is 0.940. The fourth-order valence-electron chi connectivity index (χ4n) is 3.01. The third-order valence-corrected chi connectivity index (χ3v) is 4.17. The minimum atomic E-state index is -0.235. The third-order valence-electron chi connectivity index (χ3n) is 4.17. The molecule has 0 aliphatic carbocycles. The monoisotopic (exact) mass is 334 g/mol. The van der Waals surface area contributed by atoms with Crippen LogP contribution in [0.2, 0.25) is 0 Å². The molecule has 1 aromatic heterocycles. The molecular weight excluding hydrogens is 307 g/mol. The number of halogens is 1. The van der Waals surface area contributed by atoms with Gasteiger partial charge in [0, 0.05) is 46.4 Å². The Morgan fingerprint density at radius 2 is 1.96 bits per heavy atom. The van der Waals surface area contributed by atoms with Gasteiger partial charge in [0.05, 0.1) is 5.69 Å². The van der Waals surface area contributed by atoms with Crippen molar-refractivity contribution in [1.82, 2.24) is 15.1 Å². The van der Waals surface area contributed by atoms with E-state index in [0.29, 0.717) is 13.1 Å². The first-order chi connectivity index (χ1) is 11.4. The summed E-state index contributed by atoms with van der Waals surface area (Å²) in [6.45, 7) is 3.49. The van der Waals surface area contributed by atoms with Gasteiger partial charge in [0.1, 0.15) is 11.6 Å². The zero-order valence-electron chi connectivity index (χ0n) is 14.9. The van der Waals surface area contributed by atoms with Gasteiger partial charge in [-0.25, -0.2) is 4.39 Å². The normalized spacial score (nSPS) is 12.4. The van der Waals surface area contributed by atoms with Gasteiger partial charge < -0.3 is 15.3 Å². The highest BCUT2D eigenvalue weighted by Crippen LogP contribution is 2.21. The number of aromatic nitrogens is 2. The second-order valence-corrected chi connectivity index (χ2v) is 6.42. The Morgan fingerprint density at radius 3 is 2.54 bits per heavy atom. The van der Waals surface area contributed by atoms with Crippen LogP contribution in [0.4, 0.5) is 10.2 Å². The van der Waals surface area contributed by atoms with Gasteiger partial charge in [0.15, 0.2) is 0 Å². The minimum Gasteiger partial charge on any atom is -0.396 e. The zero-order valence-corrected chi connectivity index (χ0v) is 14.9. The topological polar surface area (TPSA) is 53.3 Å². The molecule has 0 aliphatic rings. The molecular formula is C18H27FN4O. The zero-order chi connectivity index (χ0) is 17.7. The van der Waals surface area contributed by atoms with Crippen LogP contribution in [0.25, 0.3) is 0 Å². The smallest absolute Gasteiger partial charge is 0.130 e. The fraction of sp³-hybridized carbons (Fsp3) is 0.500. The molecule has 0 fully saturated rings. The van der Waals surface area contributed by atoms with Crippen LogP contribution < -0.4 is 10.2 Å². The number of aliphatic hydroxyl groups excluding tert-OH is 1. The van der Waals surface area contributed by atoms with E-state index in [-0.39, 0.29) is 18.3 Å². The van der Waals surface area contributed by atoms with E-state index < -0.39 is 0 Å². The molecule has 0 aliphatic heterocycles. The van der Waals surface area contributed by atoms with Crippen molar-refractivity contribution in [1.29, 1.82) is 0 Å². The second-order valence-electron chi connectivity index (χ2n) is 6.42. The van der Waals surface area contributed by atoms with Crippen molar-refractivity contribution in [3.05, 3.63) is 46.9 Å². The molecule has 5 nitrogen and oxygen atoms in total. The maximum Gasteiger partial charge on any atom is 0.130 e. The highest BCUT2D eigenvalue weighted by Gasteiger charge is 2.15. The lowest BCUT2D eigenvalue weighted by Gasteiger charge is -2.18. The summed E-state index contributed by atoms with van der Waals surface area (Å²) in [7, 11) is 5.95. The van der Waals surface area contributed by atoms with E-state index in [2.05, 4.69) is 15.3 Å². The number of benzene rings is 1. The molecule has 0 saturated carbocycles. The fourth-order valence-corrected chi connectivity index (χ4v) is 3.01. The number of nitrogens with one attached hydrogen (secondary N) is 1. The number of nitrogens with zero attached hydrogens (tertiary/aromatic N) is 3. The molecule has 2 N–H and O–H groups in total. The summed E-state index contributed by atoms with van der Waals surface area (Å²) in [5.41, 5.74) is 3.21. The van der Waals surface area contributed by atoms with Gasteiger partial charge in [-0.2, -0.15) is 5.10 Å². The van der Waals surface area contributed by atoms with Crippen molar-refractivity contribution in [2.75, 3.05) is 32.1 Å². The lowest BCUT2D eigenvalue weighted by Crippen LogP contribution is -2.27. The molecule has 132 valence electrons. The van der Waals surface area contributed by atoms with E-state index in [1.807, 2.05) is 32.7 Å². The van der Waals surface area contributed by atoms with E-state index in [1.165, 1.54) is 17.7 Å². The summed E-state index contributed by atoms with van der Waals surface area (Å²) < 4.78 is 14.8. The first-order valence-corrected chi connectivity index (χ1v) is 8.18. The lowest BCUT2D eigenvalue weighted by atomic mass is 10.00. The molecule has 0 unspecified atom stereocenters. The maximum absolute atomic E-state index is 13.0. The first kappa shape index (κ1) is 18.4. The van der Waals surface area contributed by atoms with Gasteiger partial charge in [0.25, 0.3) is 0 Å². The average molecular weight is 334 g/mol. The molecule has 0 spiro atoms. The van der Waals surface area contributed by atoms with Gasteiger partial charge in [-0.05, 0) is 37.0 Å². The Hall–Kier alpha value is -1.92. The quantitative estimate of drug-likeness (QED) is 0.774. The predicted molar refractivity (Wildman–Crippen MR) is 94.7 cm³/mol. The summed E-state index contributed by atoms with van der Waals surface area (Å²) in [6, 6.07) is 6.46. The number of aryl methyl sites for hydroxylation is 2. The van der Waals surface area contributed by atoms with Crippen molar-refractivity contribution in [3.63, 3.8) is 0 Å². The first-order valence-electron chi connectivity index (χ1n) is 8.18. The molecule has 0 amide bonds. The number of aliphatic hydroxyl groups is 1. The molecule has 0 saturated heterocycles. The molecule has 2 rings (SSSR count). The van der Waals surface area contributed by atoms with Crippen LogP contribution in [-0.4, -0.2) is 42.1 Å². The summed E-state index contributed by atoms with van der Waals surface area (Å²) in [4.78, 5) is 2.05. The van der Waals surface area contributed by atoms with Crippen LogP contribution >= 0.6 is 0 Å². The van der Waals surface area contributed by atoms with Crippen LogP contribution in [0.5, 0.6) is 0 Å². The van der Waals surface area contributed by atoms with Gasteiger partial charge >= 0.3 is 0 Å². The Bertz CT molecular complexity index is 652. The molecule has 1 heterocycles. The molecule has 2 aromatic rings. The molecule has 24 heavy (non-hydrogen) atoms. The van der Waals surface area contributed by atoms with Crippen molar-refractivity contribution in [3.8, 4) is 0 Å². The van der Waals surface area contributed by atoms with Crippen molar-refractivity contribution in [2.24, 2.45) is 13.0 Å². The number of rotatable bonds is 8. The van der Waals surface area contributed by atoms with Gasteiger partial charge in [-0.15, -0.1) is 0 Å². The van der Waals surface area contributed by atoms with E-state index in [1.54, 1.807) is 12.1 Å². The third kappa shape index (κ3) is 4.55. The average Bonchev–Trinajstić information content (AvgIpc) is 2.82. The summed E-state index contributed by atoms with van der Waals surface area (Å²) >= 11 is 0. The van der Waals surface area contributed by atoms with Crippen LogP contribution in [0.3, 0.4) is 0 Å². The number of anilines is 1. The highest BCUT2D eigenvalue weighted by molar-refractivity contribution is 5.48. The largest absolute Gasteiger partial charge is 0.396 e. The summed E-state index contributed by atoms with van der Waals surface area (Å²) in [5, 5.41) is 17.5.